The minimum atomic E-state index is -6.61. The van der Waals surface area contributed by atoms with Gasteiger partial charge in [0.05, 0.1) is 0 Å². The topological polar surface area (TPSA) is 0 Å². The minimum Gasteiger partial charge on any atom is -0.219 e. The molecule has 0 saturated carbocycles. The maximum atomic E-state index is 13.1. The quantitative estimate of drug-likeness (QED) is 0.660. The molecule has 0 aromatic rings. The van der Waals surface area contributed by atoms with Gasteiger partial charge in [0, 0.05) is 13.8 Å². The van der Waals surface area contributed by atoms with Crippen molar-refractivity contribution in [1.82, 2.24) is 0 Å². The molecule has 0 aromatic carbocycles. The smallest absolute Gasteiger partial charge is 0.219 e. The highest BCUT2D eigenvalue weighted by atomic mass is 19.4. The molecule has 0 aliphatic carbocycles. The second kappa shape index (κ2) is 4.30. The zero-order valence-corrected chi connectivity index (χ0v) is 8.78. The molecule has 0 aromatic heterocycles. The molecule has 1 unspecified atom stereocenters. The van der Waals surface area contributed by atoms with E-state index in [-0.39, 0.29) is 0 Å². The summed E-state index contributed by atoms with van der Waals surface area (Å²) in [5.41, 5.74) is -6.16. The summed E-state index contributed by atoms with van der Waals surface area (Å²) < 4.78 is 124. The van der Waals surface area contributed by atoms with Gasteiger partial charge in [0.25, 0.3) is 11.8 Å². The van der Waals surface area contributed by atoms with Crippen molar-refractivity contribution in [2.24, 2.45) is 0 Å². The van der Waals surface area contributed by atoms with Gasteiger partial charge in [0.15, 0.2) is 5.83 Å². The van der Waals surface area contributed by atoms with E-state index in [1.54, 1.807) is 0 Å². The van der Waals surface area contributed by atoms with Crippen LogP contribution in [0.4, 0.5) is 43.9 Å². The van der Waals surface area contributed by atoms with Gasteiger partial charge in [-0.25, -0.2) is 22.0 Å². The Morgan fingerprint density at radius 1 is 0.667 bits per heavy atom. The number of hydrogen-bond donors (Lipinski definition) is 0. The average Bonchev–Trinajstić information content (AvgIpc) is 2.08. The van der Waals surface area contributed by atoms with Crippen LogP contribution in [0, 0.1) is 0 Å². The first-order valence-corrected chi connectivity index (χ1v) is 4.14. The fourth-order valence-corrected chi connectivity index (χ4v) is 0.910. The number of alkyl halides is 8. The number of allylic oxidation sites excluding steroid dienone is 2. The van der Waals surface area contributed by atoms with Gasteiger partial charge < -0.3 is 0 Å². The lowest BCUT2D eigenvalue weighted by Gasteiger charge is -2.32. The van der Waals surface area contributed by atoms with Crippen molar-refractivity contribution in [2.45, 2.75) is 37.5 Å². The summed E-state index contributed by atoms with van der Waals surface area (Å²) in [6.07, 6.45) is -6.61. The first-order chi connectivity index (χ1) is 7.57. The molecule has 0 aliphatic heterocycles. The molecule has 0 heterocycles. The van der Waals surface area contributed by atoms with Gasteiger partial charge in [-0.15, -0.1) is 0 Å². The van der Waals surface area contributed by atoms with E-state index in [4.69, 9.17) is 0 Å². The average molecular weight is 292 g/mol. The zero-order valence-electron chi connectivity index (χ0n) is 8.78. The first-order valence-electron chi connectivity index (χ1n) is 4.14. The van der Waals surface area contributed by atoms with Crippen molar-refractivity contribution in [3.05, 3.63) is 11.7 Å². The van der Waals surface area contributed by atoms with Crippen molar-refractivity contribution < 1.29 is 43.9 Å². The van der Waals surface area contributed by atoms with E-state index < -0.39 is 49.2 Å². The van der Waals surface area contributed by atoms with E-state index in [9.17, 15) is 43.9 Å². The molecule has 108 valence electrons. The Morgan fingerprint density at radius 3 is 1.17 bits per heavy atom. The van der Waals surface area contributed by atoms with Crippen LogP contribution in [0.1, 0.15) is 13.8 Å². The Bertz CT molecular complexity index is 324. The summed E-state index contributed by atoms with van der Waals surface area (Å²) in [5, 5.41) is 0. The lowest BCUT2D eigenvalue weighted by Crippen LogP contribution is -2.55. The Hall–Kier alpha value is -0.960. The maximum absolute atomic E-state index is 13.1. The van der Waals surface area contributed by atoms with E-state index in [2.05, 4.69) is 0 Å². The summed E-state index contributed by atoms with van der Waals surface area (Å²) in [6.45, 7) is -1.12. The minimum absolute atomic E-state index is 0.410. The van der Waals surface area contributed by atoms with Crippen LogP contribution in [0.2, 0.25) is 0 Å². The Labute approximate surface area is 94.3 Å². The van der Waals surface area contributed by atoms with E-state index in [1.165, 1.54) is 0 Å². The van der Waals surface area contributed by atoms with Crippen molar-refractivity contribution in [1.29, 1.82) is 0 Å². The highest BCUT2D eigenvalue weighted by molar-refractivity contribution is 5.24. The molecule has 0 bridgehead atoms. The molecule has 0 radical (unpaired) electrons. The zero-order chi connectivity index (χ0) is 15.2. The fraction of sp³-hybridized carbons (Fsp3) is 0.750. The van der Waals surface area contributed by atoms with Gasteiger partial charge >= 0.3 is 11.8 Å². The van der Waals surface area contributed by atoms with Gasteiger partial charge in [-0.2, -0.15) is 22.0 Å². The molecule has 1 atom stereocenters. The summed E-state index contributed by atoms with van der Waals surface area (Å²) in [5.74, 6) is -17.8. The molecule has 0 nitrogen and oxygen atoms in total. The lowest BCUT2D eigenvalue weighted by molar-refractivity contribution is -0.288. The second-order valence-corrected chi connectivity index (χ2v) is 3.56. The molecule has 0 N–H and O–H groups in total. The summed E-state index contributed by atoms with van der Waals surface area (Å²) >= 11 is 0. The van der Waals surface area contributed by atoms with Gasteiger partial charge in [0.2, 0.25) is 5.83 Å². The normalized spacial score (nSPS) is 19.3. The Morgan fingerprint density at radius 2 is 1.00 bits per heavy atom. The number of hydrogen-bond acceptors (Lipinski definition) is 0. The molecule has 0 saturated heterocycles. The molecular weight excluding hydrogens is 286 g/mol. The predicted octanol–water partition coefficient (Wildman–Crippen LogP) is 4.72. The predicted molar refractivity (Wildman–Crippen MR) is 40.4 cm³/mol. The van der Waals surface area contributed by atoms with Crippen LogP contribution in [0.25, 0.3) is 0 Å². The lowest BCUT2D eigenvalue weighted by atomic mass is 9.95. The maximum Gasteiger partial charge on any atom is 0.435 e. The van der Waals surface area contributed by atoms with Crippen LogP contribution >= 0.6 is 0 Å². The van der Waals surface area contributed by atoms with Crippen LogP contribution in [0.3, 0.4) is 0 Å². The molecule has 0 spiro atoms. The molecule has 18 heavy (non-hydrogen) atoms. The number of rotatable bonds is 3. The van der Waals surface area contributed by atoms with E-state index in [0.29, 0.717) is 0 Å². The summed E-state index contributed by atoms with van der Waals surface area (Å²) in [7, 11) is 0. The van der Waals surface area contributed by atoms with Crippen LogP contribution < -0.4 is 0 Å². The molecule has 10 heteroatoms. The number of halogens is 10. The molecule has 0 fully saturated rings. The van der Waals surface area contributed by atoms with Crippen LogP contribution in [-0.2, 0) is 0 Å². The van der Waals surface area contributed by atoms with E-state index in [0.717, 1.165) is 0 Å². The molecular formula is C8H6F10. The van der Waals surface area contributed by atoms with Crippen molar-refractivity contribution in [3.8, 4) is 0 Å². The Balaban J connectivity index is 6.13. The van der Waals surface area contributed by atoms with Gasteiger partial charge in [0.1, 0.15) is 0 Å². The van der Waals surface area contributed by atoms with Crippen molar-refractivity contribution >= 4 is 0 Å². The second-order valence-electron chi connectivity index (χ2n) is 3.56. The van der Waals surface area contributed by atoms with Crippen LogP contribution in [0.15, 0.2) is 11.7 Å². The van der Waals surface area contributed by atoms with E-state index in [1.807, 2.05) is 0 Å². The SMILES string of the molecule is CC(F)(F)/C(F)=C(\F)C(F)(C(C)(F)F)C(F)(F)F. The fourth-order valence-electron chi connectivity index (χ4n) is 0.910. The highest BCUT2D eigenvalue weighted by Crippen LogP contribution is 2.52. The summed E-state index contributed by atoms with van der Waals surface area (Å²) in [4.78, 5) is 0. The largest absolute Gasteiger partial charge is 0.435 e. The third kappa shape index (κ3) is 2.72. The first kappa shape index (κ1) is 17.0. The van der Waals surface area contributed by atoms with E-state index >= 15 is 0 Å². The van der Waals surface area contributed by atoms with Crippen LogP contribution in [0.5, 0.6) is 0 Å². The van der Waals surface area contributed by atoms with Crippen molar-refractivity contribution in [2.75, 3.05) is 0 Å². The summed E-state index contributed by atoms with van der Waals surface area (Å²) in [6, 6.07) is 0. The molecule has 0 aliphatic rings. The molecule has 0 rings (SSSR count). The monoisotopic (exact) mass is 292 g/mol. The van der Waals surface area contributed by atoms with Gasteiger partial charge in [-0.3, -0.25) is 0 Å². The van der Waals surface area contributed by atoms with Gasteiger partial charge in [-0.05, 0) is 0 Å². The third-order valence-electron chi connectivity index (χ3n) is 1.88. The molecule has 0 amide bonds. The Kier molecular flexibility index (Phi) is 4.07. The third-order valence-corrected chi connectivity index (χ3v) is 1.88. The van der Waals surface area contributed by atoms with Crippen LogP contribution in [-0.4, -0.2) is 23.7 Å². The standard InChI is InChI=1S/C8H6F10/c1-5(11,12)3(9)4(10)7(15,6(2,13)14)8(16,17)18/h1-2H3/b4-3+. The highest BCUT2D eigenvalue weighted by Gasteiger charge is 2.73. The van der Waals surface area contributed by atoms with Gasteiger partial charge in [-0.1, -0.05) is 0 Å². The van der Waals surface area contributed by atoms with Crippen molar-refractivity contribution in [3.63, 3.8) is 0 Å².